The molecule has 4 rings (SSSR count). The van der Waals surface area contributed by atoms with Crippen molar-refractivity contribution in [3.05, 3.63) is 108 Å². The Morgan fingerprint density at radius 2 is 1.40 bits per heavy atom. The number of hydrogen-bond donors (Lipinski definition) is 1. The van der Waals surface area contributed by atoms with Crippen LogP contribution < -0.4 is 14.8 Å². The number of carbonyl (C=O) groups is 1. The maximum absolute atomic E-state index is 12.7. The SMILES string of the molecule is COc1ccc([C@H](NC(=O)COc2ccc3ccccc3c2)c2ccccc2)cc1. The lowest BCUT2D eigenvalue weighted by Gasteiger charge is -2.20. The monoisotopic (exact) mass is 397 g/mol. The fourth-order valence-electron chi connectivity index (χ4n) is 3.41. The van der Waals surface area contributed by atoms with Crippen LogP contribution in [0.3, 0.4) is 0 Å². The molecular weight excluding hydrogens is 374 g/mol. The van der Waals surface area contributed by atoms with Crippen LogP contribution in [0, 0.1) is 0 Å². The third-order valence-electron chi connectivity index (χ3n) is 4.98. The second kappa shape index (κ2) is 9.14. The van der Waals surface area contributed by atoms with Gasteiger partial charge in [-0.05, 0) is 46.2 Å². The van der Waals surface area contributed by atoms with Crippen LogP contribution in [0.4, 0.5) is 0 Å². The van der Waals surface area contributed by atoms with E-state index in [4.69, 9.17) is 9.47 Å². The molecule has 0 saturated heterocycles. The maximum atomic E-state index is 12.7. The van der Waals surface area contributed by atoms with E-state index >= 15 is 0 Å². The summed E-state index contributed by atoms with van der Waals surface area (Å²) in [5.41, 5.74) is 1.97. The Balaban J connectivity index is 1.48. The molecular formula is C26H23NO3. The molecule has 0 saturated carbocycles. The van der Waals surface area contributed by atoms with Crippen molar-refractivity contribution in [2.24, 2.45) is 0 Å². The molecule has 4 aromatic carbocycles. The summed E-state index contributed by atoms with van der Waals surface area (Å²) >= 11 is 0. The lowest BCUT2D eigenvalue weighted by atomic mass is 9.98. The predicted octanol–water partition coefficient (Wildman–Crippen LogP) is 5.13. The van der Waals surface area contributed by atoms with E-state index in [9.17, 15) is 4.79 Å². The minimum Gasteiger partial charge on any atom is -0.497 e. The molecule has 0 fully saturated rings. The highest BCUT2D eigenvalue weighted by Crippen LogP contribution is 2.24. The zero-order valence-corrected chi connectivity index (χ0v) is 16.7. The molecule has 0 aliphatic heterocycles. The fourth-order valence-corrected chi connectivity index (χ4v) is 3.41. The summed E-state index contributed by atoms with van der Waals surface area (Å²) < 4.78 is 11.0. The largest absolute Gasteiger partial charge is 0.497 e. The van der Waals surface area contributed by atoms with Crippen molar-refractivity contribution < 1.29 is 14.3 Å². The molecule has 0 radical (unpaired) electrons. The minimum atomic E-state index is -0.273. The van der Waals surface area contributed by atoms with E-state index in [0.29, 0.717) is 5.75 Å². The van der Waals surface area contributed by atoms with Gasteiger partial charge in [0.25, 0.3) is 5.91 Å². The van der Waals surface area contributed by atoms with Crippen molar-refractivity contribution in [2.75, 3.05) is 13.7 Å². The van der Waals surface area contributed by atoms with Crippen LogP contribution in [0.5, 0.6) is 11.5 Å². The topological polar surface area (TPSA) is 47.6 Å². The van der Waals surface area contributed by atoms with E-state index in [2.05, 4.69) is 5.32 Å². The summed E-state index contributed by atoms with van der Waals surface area (Å²) in [5.74, 6) is 1.26. The second-order valence-corrected chi connectivity index (χ2v) is 6.98. The van der Waals surface area contributed by atoms with Crippen LogP contribution in [0.15, 0.2) is 97.1 Å². The molecule has 1 amide bonds. The van der Waals surface area contributed by atoms with Gasteiger partial charge in [-0.15, -0.1) is 0 Å². The number of amides is 1. The van der Waals surface area contributed by atoms with E-state index < -0.39 is 0 Å². The first-order valence-electron chi connectivity index (χ1n) is 9.83. The Morgan fingerprint density at radius 3 is 2.13 bits per heavy atom. The van der Waals surface area contributed by atoms with Crippen molar-refractivity contribution in [2.45, 2.75) is 6.04 Å². The highest BCUT2D eigenvalue weighted by molar-refractivity contribution is 5.84. The van der Waals surface area contributed by atoms with E-state index in [1.807, 2.05) is 97.1 Å². The van der Waals surface area contributed by atoms with Gasteiger partial charge in [0.05, 0.1) is 13.2 Å². The zero-order valence-electron chi connectivity index (χ0n) is 16.7. The van der Waals surface area contributed by atoms with E-state index in [1.54, 1.807) is 7.11 Å². The maximum Gasteiger partial charge on any atom is 0.258 e. The number of ether oxygens (including phenoxy) is 2. The van der Waals surface area contributed by atoms with Gasteiger partial charge in [0.2, 0.25) is 0 Å². The summed E-state index contributed by atoms with van der Waals surface area (Å²) in [6, 6.07) is 31.2. The first-order valence-corrected chi connectivity index (χ1v) is 9.83. The number of benzene rings is 4. The molecule has 0 aromatic heterocycles. The number of hydrogen-bond acceptors (Lipinski definition) is 3. The van der Waals surface area contributed by atoms with Gasteiger partial charge in [0, 0.05) is 0 Å². The molecule has 0 heterocycles. The minimum absolute atomic E-state index is 0.0577. The summed E-state index contributed by atoms with van der Waals surface area (Å²) in [5, 5.41) is 5.31. The summed E-state index contributed by atoms with van der Waals surface area (Å²) in [6.07, 6.45) is 0. The quantitative estimate of drug-likeness (QED) is 0.470. The normalized spacial score (nSPS) is 11.6. The molecule has 0 bridgehead atoms. The summed E-state index contributed by atoms with van der Waals surface area (Å²) in [7, 11) is 1.63. The van der Waals surface area contributed by atoms with E-state index in [-0.39, 0.29) is 18.6 Å². The first kappa shape index (κ1) is 19.5. The molecule has 0 aliphatic rings. The van der Waals surface area contributed by atoms with Gasteiger partial charge in [0.15, 0.2) is 6.61 Å². The Morgan fingerprint density at radius 1 is 0.767 bits per heavy atom. The van der Waals surface area contributed by atoms with Crippen LogP contribution in [0.1, 0.15) is 17.2 Å². The fraction of sp³-hybridized carbons (Fsp3) is 0.115. The number of carbonyl (C=O) groups excluding carboxylic acids is 1. The van der Waals surface area contributed by atoms with Gasteiger partial charge in [0.1, 0.15) is 11.5 Å². The molecule has 0 aliphatic carbocycles. The third kappa shape index (κ3) is 4.61. The molecule has 30 heavy (non-hydrogen) atoms. The van der Waals surface area contributed by atoms with Crippen molar-refractivity contribution in [1.82, 2.24) is 5.32 Å². The van der Waals surface area contributed by atoms with Gasteiger partial charge in [-0.25, -0.2) is 0 Å². The Kier molecular flexibility index (Phi) is 5.95. The smallest absolute Gasteiger partial charge is 0.258 e. The number of rotatable bonds is 7. The van der Waals surface area contributed by atoms with Crippen LogP contribution in [0.25, 0.3) is 10.8 Å². The molecule has 1 atom stereocenters. The molecule has 0 spiro atoms. The summed E-state index contributed by atoms with van der Waals surface area (Å²) in [4.78, 5) is 12.7. The number of fused-ring (bicyclic) bond motifs is 1. The van der Waals surface area contributed by atoms with Crippen LogP contribution in [0.2, 0.25) is 0 Å². The average Bonchev–Trinajstić information content (AvgIpc) is 2.82. The lowest BCUT2D eigenvalue weighted by Crippen LogP contribution is -2.33. The van der Waals surface area contributed by atoms with Crippen LogP contribution in [-0.4, -0.2) is 19.6 Å². The third-order valence-corrected chi connectivity index (χ3v) is 4.98. The van der Waals surface area contributed by atoms with Gasteiger partial charge >= 0.3 is 0 Å². The van der Waals surface area contributed by atoms with Crippen molar-refractivity contribution in [3.8, 4) is 11.5 Å². The van der Waals surface area contributed by atoms with Gasteiger partial charge < -0.3 is 14.8 Å². The Labute approximate surface area is 176 Å². The average molecular weight is 397 g/mol. The standard InChI is InChI=1S/C26H23NO3/c1-29-23-14-12-21(13-15-23)26(20-8-3-2-4-9-20)27-25(28)18-30-24-16-11-19-7-5-6-10-22(19)17-24/h2-17,26H,18H2,1H3,(H,27,28)/t26-/m1/s1. The lowest BCUT2D eigenvalue weighted by molar-refractivity contribution is -0.123. The molecule has 150 valence electrons. The molecule has 0 unspecified atom stereocenters. The van der Waals surface area contributed by atoms with E-state index in [1.165, 1.54) is 0 Å². The predicted molar refractivity (Wildman–Crippen MR) is 119 cm³/mol. The first-order chi connectivity index (χ1) is 14.7. The van der Waals surface area contributed by atoms with Crippen molar-refractivity contribution >= 4 is 16.7 Å². The van der Waals surface area contributed by atoms with Gasteiger partial charge in [-0.1, -0.05) is 72.8 Å². The summed E-state index contributed by atoms with van der Waals surface area (Å²) in [6.45, 7) is -0.0577. The van der Waals surface area contributed by atoms with Crippen molar-refractivity contribution in [1.29, 1.82) is 0 Å². The van der Waals surface area contributed by atoms with Crippen LogP contribution >= 0.6 is 0 Å². The molecule has 4 nitrogen and oxygen atoms in total. The Hall–Kier alpha value is -3.79. The van der Waals surface area contributed by atoms with E-state index in [0.717, 1.165) is 27.6 Å². The second-order valence-electron chi connectivity index (χ2n) is 6.98. The Bertz CT molecular complexity index is 1120. The van der Waals surface area contributed by atoms with Crippen LogP contribution in [-0.2, 0) is 4.79 Å². The van der Waals surface area contributed by atoms with Gasteiger partial charge in [-0.2, -0.15) is 0 Å². The molecule has 4 aromatic rings. The van der Waals surface area contributed by atoms with Crippen molar-refractivity contribution in [3.63, 3.8) is 0 Å². The van der Waals surface area contributed by atoms with Gasteiger partial charge in [-0.3, -0.25) is 4.79 Å². The number of methoxy groups -OCH3 is 1. The molecule has 4 heteroatoms. The number of nitrogens with one attached hydrogen (secondary N) is 1. The molecule has 1 N–H and O–H groups in total. The highest BCUT2D eigenvalue weighted by Gasteiger charge is 2.17. The zero-order chi connectivity index (χ0) is 20.8. The highest BCUT2D eigenvalue weighted by atomic mass is 16.5.